The molecule has 22 heavy (non-hydrogen) atoms. The molecule has 0 aromatic heterocycles. The van der Waals surface area contributed by atoms with Gasteiger partial charge in [0.05, 0.1) is 5.92 Å². The molecule has 1 aromatic rings. The van der Waals surface area contributed by atoms with Crippen LogP contribution in [0.1, 0.15) is 48.4 Å². The SMILES string of the molecule is CC(C)NC(=O)c1ccc(C(=O)NC(C)C(C)C(=O)O)cc1. The molecule has 1 rings (SSSR count). The Balaban J connectivity index is 2.72. The smallest absolute Gasteiger partial charge is 0.308 e. The van der Waals surface area contributed by atoms with Gasteiger partial charge in [-0.25, -0.2) is 0 Å². The summed E-state index contributed by atoms with van der Waals surface area (Å²) in [6.45, 7) is 6.91. The maximum Gasteiger partial charge on any atom is 0.308 e. The number of nitrogens with one attached hydrogen (secondary N) is 2. The summed E-state index contributed by atoms with van der Waals surface area (Å²) in [5.74, 6) is -2.21. The van der Waals surface area contributed by atoms with E-state index in [0.29, 0.717) is 11.1 Å². The van der Waals surface area contributed by atoms with Gasteiger partial charge in [-0.3, -0.25) is 14.4 Å². The van der Waals surface area contributed by atoms with Crippen molar-refractivity contribution in [3.63, 3.8) is 0 Å². The zero-order chi connectivity index (χ0) is 16.9. The first-order valence-corrected chi connectivity index (χ1v) is 7.17. The van der Waals surface area contributed by atoms with Gasteiger partial charge in [-0.1, -0.05) is 0 Å². The summed E-state index contributed by atoms with van der Waals surface area (Å²) in [5.41, 5.74) is 0.850. The number of hydrogen-bond acceptors (Lipinski definition) is 3. The van der Waals surface area contributed by atoms with E-state index in [1.165, 1.54) is 6.92 Å². The highest BCUT2D eigenvalue weighted by Crippen LogP contribution is 2.08. The first-order chi connectivity index (χ1) is 10.2. The van der Waals surface area contributed by atoms with Crippen molar-refractivity contribution in [1.29, 1.82) is 0 Å². The molecule has 0 spiro atoms. The number of carbonyl (C=O) groups excluding carboxylic acids is 2. The Morgan fingerprint density at radius 1 is 0.864 bits per heavy atom. The fourth-order valence-electron chi connectivity index (χ4n) is 1.75. The number of carboxylic acids is 1. The molecule has 2 amide bonds. The Bertz CT molecular complexity index is 552. The van der Waals surface area contributed by atoms with Gasteiger partial charge in [0.15, 0.2) is 0 Å². The van der Waals surface area contributed by atoms with E-state index >= 15 is 0 Å². The highest BCUT2D eigenvalue weighted by Gasteiger charge is 2.21. The van der Waals surface area contributed by atoms with Gasteiger partial charge < -0.3 is 15.7 Å². The fourth-order valence-corrected chi connectivity index (χ4v) is 1.75. The minimum Gasteiger partial charge on any atom is -0.481 e. The van der Waals surface area contributed by atoms with Gasteiger partial charge in [0.1, 0.15) is 0 Å². The van der Waals surface area contributed by atoms with Crippen LogP contribution in [-0.4, -0.2) is 35.0 Å². The van der Waals surface area contributed by atoms with E-state index in [1.807, 2.05) is 13.8 Å². The lowest BCUT2D eigenvalue weighted by molar-refractivity contribution is -0.141. The molecule has 2 unspecified atom stereocenters. The maximum absolute atomic E-state index is 12.0. The quantitative estimate of drug-likeness (QED) is 0.745. The summed E-state index contributed by atoms with van der Waals surface area (Å²) >= 11 is 0. The van der Waals surface area contributed by atoms with Crippen molar-refractivity contribution in [2.24, 2.45) is 5.92 Å². The topological polar surface area (TPSA) is 95.5 Å². The fraction of sp³-hybridized carbons (Fsp3) is 0.438. The molecule has 120 valence electrons. The van der Waals surface area contributed by atoms with Crippen LogP contribution < -0.4 is 10.6 Å². The van der Waals surface area contributed by atoms with Crippen molar-refractivity contribution < 1.29 is 19.5 Å². The zero-order valence-electron chi connectivity index (χ0n) is 13.2. The first kappa shape index (κ1) is 17.7. The minimum atomic E-state index is -0.964. The molecular weight excluding hydrogens is 284 g/mol. The molecule has 0 aliphatic heterocycles. The molecule has 0 fully saturated rings. The second-order valence-corrected chi connectivity index (χ2v) is 5.59. The molecule has 3 N–H and O–H groups in total. The molecule has 0 saturated carbocycles. The van der Waals surface area contributed by atoms with Crippen molar-refractivity contribution in [2.45, 2.75) is 39.8 Å². The van der Waals surface area contributed by atoms with Gasteiger partial charge in [-0.15, -0.1) is 0 Å². The van der Waals surface area contributed by atoms with Gasteiger partial charge in [0, 0.05) is 23.2 Å². The zero-order valence-corrected chi connectivity index (χ0v) is 13.2. The Kier molecular flexibility index (Phi) is 6.10. The lowest BCUT2D eigenvalue weighted by Gasteiger charge is -2.17. The van der Waals surface area contributed by atoms with Crippen LogP contribution in [0.3, 0.4) is 0 Å². The molecule has 2 atom stereocenters. The number of rotatable bonds is 6. The number of benzene rings is 1. The standard InChI is InChI=1S/C16H22N2O4/c1-9(2)17-14(19)12-5-7-13(8-6-12)15(20)18-11(4)10(3)16(21)22/h5-11H,1-4H3,(H,17,19)(H,18,20)(H,21,22). The van der Waals surface area contributed by atoms with Gasteiger partial charge in [-0.05, 0) is 52.0 Å². The van der Waals surface area contributed by atoms with Crippen LogP contribution in [0.4, 0.5) is 0 Å². The van der Waals surface area contributed by atoms with Crippen molar-refractivity contribution in [2.75, 3.05) is 0 Å². The van der Waals surface area contributed by atoms with E-state index in [1.54, 1.807) is 31.2 Å². The number of hydrogen-bond donors (Lipinski definition) is 3. The highest BCUT2D eigenvalue weighted by atomic mass is 16.4. The van der Waals surface area contributed by atoms with Crippen molar-refractivity contribution in [3.8, 4) is 0 Å². The average Bonchev–Trinajstić information content (AvgIpc) is 2.45. The van der Waals surface area contributed by atoms with E-state index in [2.05, 4.69) is 10.6 Å². The molecule has 0 aliphatic rings. The van der Waals surface area contributed by atoms with E-state index in [0.717, 1.165) is 0 Å². The normalized spacial score (nSPS) is 13.3. The van der Waals surface area contributed by atoms with Crippen molar-refractivity contribution in [3.05, 3.63) is 35.4 Å². The monoisotopic (exact) mass is 306 g/mol. The third-order valence-corrected chi connectivity index (χ3v) is 3.33. The summed E-state index contributed by atoms with van der Waals surface area (Å²) in [4.78, 5) is 34.7. The lowest BCUT2D eigenvalue weighted by atomic mass is 10.0. The summed E-state index contributed by atoms with van der Waals surface area (Å²) in [6, 6.07) is 5.77. The van der Waals surface area contributed by atoms with E-state index in [4.69, 9.17) is 5.11 Å². The van der Waals surface area contributed by atoms with Gasteiger partial charge in [0.25, 0.3) is 11.8 Å². The third-order valence-electron chi connectivity index (χ3n) is 3.33. The summed E-state index contributed by atoms with van der Waals surface area (Å²) in [5, 5.41) is 14.3. The number of carbonyl (C=O) groups is 3. The Labute approximate surface area is 129 Å². The van der Waals surface area contributed by atoms with Gasteiger partial charge in [-0.2, -0.15) is 0 Å². The highest BCUT2D eigenvalue weighted by molar-refractivity contribution is 5.98. The van der Waals surface area contributed by atoms with E-state index < -0.39 is 17.9 Å². The number of carboxylic acid groups (broad SMARTS) is 1. The third kappa shape index (κ3) is 4.87. The minimum absolute atomic E-state index is 0.0360. The largest absolute Gasteiger partial charge is 0.481 e. The summed E-state index contributed by atoms with van der Waals surface area (Å²) in [7, 11) is 0. The maximum atomic E-state index is 12.0. The van der Waals surface area contributed by atoms with Crippen LogP contribution in [0, 0.1) is 5.92 Å². The first-order valence-electron chi connectivity index (χ1n) is 7.17. The second kappa shape index (κ2) is 7.59. The molecule has 1 aromatic carbocycles. The van der Waals surface area contributed by atoms with E-state index in [9.17, 15) is 14.4 Å². The van der Waals surface area contributed by atoms with Crippen LogP contribution >= 0.6 is 0 Å². The summed E-state index contributed by atoms with van der Waals surface area (Å²) < 4.78 is 0. The van der Waals surface area contributed by atoms with E-state index in [-0.39, 0.29) is 17.9 Å². The van der Waals surface area contributed by atoms with Gasteiger partial charge in [0.2, 0.25) is 0 Å². The number of aliphatic carboxylic acids is 1. The molecule has 6 heteroatoms. The van der Waals surface area contributed by atoms with Crippen LogP contribution in [0.25, 0.3) is 0 Å². The molecule has 0 aliphatic carbocycles. The number of amides is 2. The molecule has 0 radical (unpaired) electrons. The van der Waals surface area contributed by atoms with Crippen LogP contribution in [-0.2, 0) is 4.79 Å². The molecule has 0 bridgehead atoms. The second-order valence-electron chi connectivity index (χ2n) is 5.59. The van der Waals surface area contributed by atoms with Gasteiger partial charge >= 0.3 is 5.97 Å². The van der Waals surface area contributed by atoms with Crippen molar-refractivity contribution in [1.82, 2.24) is 10.6 Å². The van der Waals surface area contributed by atoms with Crippen LogP contribution in [0.15, 0.2) is 24.3 Å². The predicted octanol–water partition coefficient (Wildman–Crippen LogP) is 1.66. The Hall–Kier alpha value is -2.37. The summed E-state index contributed by atoms with van der Waals surface area (Å²) in [6.07, 6.45) is 0. The van der Waals surface area contributed by atoms with Crippen LogP contribution in [0.2, 0.25) is 0 Å². The molecule has 0 saturated heterocycles. The molecular formula is C16H22N2O4. The molecule has 6 nitrogen and oxygen atoms in total. The Morgan fingerprint density at radius 2 is 1.27 bits per heavy atom. The average molecular weight is 306 g/mol. The molecule has 0 heterocycles. The lowest BCUT2D eigenvalue weighted by Crippen LogP contribution is -2.40. The Morgan fingerprint density at radius 3 is 1.64 bits per heavy atom. The predicted molar refractivity (Wildman–Crippen MR) is 82.8 cm³/mol. The van der Waals surface area contributed by atoms with Crippen molar-refractivity contribution >= 4 is 17.8 Å². The van der Waals surface area contributed by atoms with Crippen LogP contribution in [0.5, 0.6) is 0 Å².